The number of carbonyl (C=O) groups is 2. The summed E-state index contributed by atoms with van der Waals surface area (Å²) in [5.41, 5.74) is -5.55. The fourth-order valence-electron chi connectivity index (χ4n) is 2.94. The quantitative estimate of drug-likeness (QED) is 0.280. The lowest BCUT2D eigenvalue weighted by Gasteiger charge is -2.18. The highest BCUT2D eigenvalue weighted by atomic mass is 19.4. The molecule has 15 heteroatoms. The smallest absolute Gasteiger partial charge is 0.464 e. The highest BCUT2D eigenvalue weighted by Gasteiger charge is 2.38. The molecule has 38 heavy (non-hydrogen) atoms. The van der Waals surface area contributed by atoms with Crippen molar-refractivity contribution in [3.8, 4) is 17.2 Å². The number of hydrogen-bond donors (Lipinski definition) is 1. The number of methoxy groups -OCH3 is 1. The van der Waals surface area contributed by atoms with Crippen LogP contribution in [0.1, 0.15) is 36.1 Å². The summed E-state index contributed by atoms with van der Waals surface area (Å²) in [6.07, 6.45) is -9.77. The summed E-state index contributed by atoms with van der Waals surface area (Å²) < 4.78 is 144. The summed E-state index contributed by atoms with van der Waals surface area (Å²) in [6.45, 7) is -3.53. The zero-order valence-electron chi connectivity index (χ0n) is 21.6. The Kier molecular flexibility index (Phi) is 6.62. The normalized spacial score (nSPS) is 13.1. The minimum Gasteiger partial charge on any atom is -0.464 e. The monoisotopic (exact) mass is 553 g/mol. The van der Waals surface area contributed by atoms with Crippen LogP contribution in [0.15, 0.2) is 42.6 Å². The molecular formula is C23H14F8N2O5. The topological polar surface area (TPSA) is 86.8 Å². The number of rotatable bonds is 6. The van der Waals surface area contributed by atoms with E-state index in [1.54, 1.807) is 0 Å². The fourth-order valence-corrected chi connectivity index (χ4v) is 2.94. The Morgan fingerprint density at radius 1 is 0.947 bits per heavy atom. The zero-order chi connectivity index (χ0) is 30.9. The van der Waals surface area contributed by atoms with Crippen LogP contribution in [0.25, 0.3) is 0 Å². The van der Waals surface area contributed by atoms with Gasteiger partial charge in [-0.3, -0.25) is 4.79 Å². The van der Waals surface area contributed by atoms with Gasteiger partial charge in [-0.2, -0.15) is 13.2 Å². The third kappa shape index (κ3) is 6.27. The Bertz CT molecular complexity index is 1490. The number of nitrogens with zero attached hydrogens (tertiary/aromatic N) is 1. The number of pyridine rings is 1. The van der Waals surface area contributed by atoms with Crippen LogP contribution in [0.3, 0.4) is 0 Å². The Morgan fingerprint density at radius 3 is 2.21 bits per heavy atom. The van der Waals surface area contributed by atoms with Gasteiger partial charge in [-0.25, -0.2) is 18.6 Å². The summed E-state index contributed by atoms with van der Waals surface area (Å²) in [7, 11) is 1.01. The SMILES string of the molecule is [2H]C([2H])([2H])c1c(Oc2ccc(C(F)(F)F)c(F)c2C(=O)Nc2ccnc(C(=O)OC)c2)ccc(OC(F)(F)F)c1F. The first-order chi connectivity index (χ1) is 18.8. The van der Waals surface area contributed by atoms with Crippen LogP contribution in [-0.2, 0) is 10.9 Å². The number of amides is 1. The molecule has 0 bridgehead atoms. The Labute approximate surface area is 212 Å². The van der Waals surface area contributed by atoms with Crippen molar-refractivity contribution in [2.75, 3.05) is 12.4 Å². The summed E-state index contributed by atoms with van der Waals surface area (Å²) in [4.78, 5) is 28.3. The van der Waals surface area contributed by atoms with Crippen LogP contribution in [0.2, 0.25) is 0 Å². The highest BCUT2D eigenvalue weighted by Crippen LogP contribution is 2.39. The predicted molar refractivity (Wildman–Crippen MR) is 113 cm³/mol. The predicted octanol–water partition coefficient (Wildman–Crippen LogP) is 6.42. The molecule has 3 rings (SSSR count). The summed E-state index contributed by atoms with van der Waals surface area (Å²) in [5, 5.41) is 2.01. The van der Waals surface area contributed by atoms with Gasteiger partial charge in [0.25, 0.3) is 5.91 Å². The Morgan fingerprint density at radius 2 is 1.61 bits per heavy atom. The van der Waals surface area contributed by atoms with Gasteiger partial charge in [0.2, 0.25) is 0 Å². The van der Waals surface area contributed by atoms with Crippen molar-refractivity contribution in [1.29, 1.82) is 0 Å². The number of alkyl halides is 6. The average molecular weight is 553 g/mol. The summed E-state index contributed by atoms with van der Waals surface area (Å²) in [5.74, 6) is -10.6. The van der Waals surface area contributed by atoms with Gasteiger partial charge in [0.05, 0.1) is 12.7 Å². The Hall–Kier alpha value is -4.43. The fraction of sp³-hybridized carbons (Fsp3) is 0.174. The summed E-state index contributed by atoms with van der Waals surface area (Å²) >= 11 is 0. The van der Waals surface area contributed by atoms with Gasteiger partial charge in [0.15, 0.2) is 17.4 Å². The van der Waals surface area contributed by atoms with Crippen LogP contribution in [0.4, 0.5) is 40.8 Å². The Balaban J connectivity index is 2.15. The molecule has 0 fully saturated rings. The van der Waals surface area contributed by atoms with E-state index in [-0.39, 0.29) is 17.4 Å². The van der Waals surface area contributed by atoms with E-state index in [1.165, 1.54) is 0 Å². The van der Waals surface area contributed by atoms with Gasteiger partial charge in [0.1, 0.15) is 22.8 Å². The van der Waals surface area contributed by atoms with Gasteiger partial charge in [-0.05, 0) is 43.3 Å². The molecule has 0 radical (unpaired) electrons. The molecule has 0 unspecified atom stereocenters. The molecule has 1 aromatic heterocycles. The molecule has 0 saturated heterocycles. The van der Waals surface area contributed by atoms with Crippen molar-refractivity contribution in [3.05, 3.63) is 76.6 Å². The lowest BCUT2D eigenvalue weighted by atomic mass is 10.1. The van der Waals surface area contributed by atoms with E-state index in [4.69, 9.17) is 8.85 Å². The lowest BCUT2D eigenvalue weighted by molar-refractivity contribution is -0.275. The minimum absolute atomic E-state index is 0.135. The van der Waals surface area contributed by atoms with E-state index >= 15 is 4.39 Å². The number of anilines is 1. The largest absolute Gasteiger partial charge is 0.573 e. The molecule has 0 atom stereocenters. The number of ether oxygens (including phenoxy) is 3. The van der Waals surface area contributed by atoms with Crippen molar-refractivity contribution < 1.29 is 63.0 Å². The molecule has 0 saturated carbocycles. The van der Waals surface area contributed by atoms with E-state index in [2.05, 4.69) is 14.5 Å². The third-order valence-electron chi connectivity index (χ3n) is 4.56. The van der Waals surface area contributed by atoms with Gasteiger partial charge in [-0.15, -0.1) is 13.2 Å². The number of nitrogens with one attached hydrogen (secondary N) is 1. The molecule has 7 nitrogen and oxygen atoms in total. The third-order valence-corrected chi connectivity index (χ3v) is 4.56. The van der Waals surface area contributed by atoms with Crippen molar-refractivity contribution in [1.82, 2.24) is 4.98 Å². The second kappa shape index (κ2) is 10.5. The molecule has 0 aliphatic heterocycles. The molecular weight excluding hydrogens is 536 g/mol. The molecule has 202 valence electrons. The van der Waals surface area contributed by atoms with E-state index in [0.29, 0.717) is 18.2 Å². The van der Waals surface area contributed by atoms with Gasteiger partial charge < -0.3 is 19.5 Å². The number of halogens is 8. The first kappa shape index (κ1) is 23.9. The zero-order valence-corrected chi connectivity index (χ0v) is 18.6. The number of aromatic nitrogens is 1. The number of hydrogen-bond acceptors (Lipinski definition) is 6. The van der Waals surface area contributed by atoms with Gasteiger partial charge >= 0.3 is 18.5 Å². The molecule has 3 aromatic rings. The molecule has 0 aliphatic rings. The minimum atomic E-state index is -5.43. The molecule has 1 amide bonds. The van der Waals surface area contributed by atoms with Crippen molar-refractivity contribution >= 4 is 17.6 Å². The van der Waals surface area contributed by atoms with Crippen LogP contribution in [-0.4, -0.2) is 30.3 Å². The molecule has 1 N–H and O–H groups in total. The number of benzene rings is 2. The first-order valence-electron chi connectivity index (χ1n) is 11.4. The molecule has 0 aliphatic carbocycles. The second-order valence-electron chi connectivity index (χ2n) is 7.07. The molecule has 0 spiro atoms. The maximum absolute atomic E-state index is 15.1. The molecule has 1 heterocycles. The van der Waals surface area contributed by atoms with Gasteiger partial charge in [-0.1, -0.05) is 0 Å². The van der Waals surface area contributed by atoms with Crippen LogP contribution < -0.4 is 14.8 Å². The maximum atomic E-state index is 15.1. The highest BCUT2D eigenvalue weighted by molar-refractivity contribution is 6.07. The average Bonchev–Trinajstić information content (AvgIpc) is 2.83. The van der Waals surface area contributed by atoms with Crippen LogP contribution >= 0.6 is 0 Å². The van der Waals surface area contributed by atoms with E-state index in [0.717, 1.165) is 25.4 Å². The number of carbonyl (C=O) groups excluding carboxylic acids is 2. The second-order valence-corrected chi connectivity index (χ2v) is 7.07. The standard InChI is InChI=1S/C23H14F8N2O5/c1-10-14(5-6-16(18(10)24)38-23(29,30)31)37-15-4-3-12(22(26,27)28)19(25)17(15)20(34)33-11-7-8-32-13(9-11)21(35)36-2/h3-9H,1-2H3,(H,32,33,34)/i1D3. The van der Waals surface area contributed by atoms with E-state index in [9.17, 15) is 40.3 Å². The first-order valence-corrected chi connectivity index (χ1v) is 9.85. The maximum Gasteiger partial charge on any atom is 0.573 e. The van der Waals surface area contributed by atoms with Gasteiger partial charge in [0, 0.05) is 21.6 Å². The summed E-state index contributed by atoms with van der Waals surface area (Å²) in [6, 6.07) is 3.31. The van der Waals surface area contributed by atoms with Crippen molar-refractivity contribution in [2.45, 2.75) is 19.4 Å². The van der Waals surface area contributed by atoms with E-state index in [1.807, 2.05) is 5.32 Å². The van der Waals surface area contributed by atoms with Crippen molar-refractivity contribution in [3.63, 3.8) is 0 Å². The van der Waals surface area contributed by atoms with Crippen LogP contribution in [0.5, 0.6) is 17.2 Å². The van der Waals surface area contributed by atoms with Crippen LogP contribution in [0, 0.1) is 18.5 Å². The molecule has 2 aromatic carbocycles. The number of esters is 1. The van der Waals surface area contributed by atoms with E-state index < -0.39 is 76.8 Å². The lowest BCUT2D eigenvalue weighted by Crippen LogP contribution is -2.19. The van der Waals surface area contributed by atoms with Crippen molar-refractivity contribution in [2.24, 2.45) is 0 Å².